The second-order valence-corrected chi connectivity index (χ2v) is 5.80. The number of hydrogen-bond acceptors (Lipinski definition) is 9. The molecule has 0 atom stereocenters. The van der Waals surface area contributed by atoms with Crippen LogP contribution in [0.1, 0.15) is 22.8 Å². The Morgan fingerprint density at radius 2 is 1.77 bits per heavy atom. The largest absolute Gasteiger partial charge is 0.506 e. The van der Waals surface area contributed by atoms with Crippen LogP contribution in [0, 0.1) is 31.6 Å². The fourth-order valence-corrected chi connectivity index (χ4v) is 2.43. The molecule has 0 aliphatic rings. The van der Waals surface area contributed by atoms with Gasteiger partial charge in [-0.3, -0.25) is 25.0 Å². The second-order valence-electron chi connectivity index (χ2n) is 5.80. The summed E-state index contributed by atoms with van der Waals surface area (Å²) in [7, 11) is 0. The number of anilines is 1. The van der Waals surface area contributed by atoms with Gasteiger partial charge in [-0.15, -0.1) is 0 Å². The highest BCUT2D eigenvalue weighted by Crippen LogP contribution is 2.26. The van der Waals surface area contributed by atoms with E-state index in [2.05, 4.69) is 10.1 Å². The van der Waals surface area contributed by atoms with Crippen LogP contribution in [0.15, 0.2) is 48.0 Å². The van der Waals surface area contributed by atoms with Gasteiger partial charge in [0.1, 0.15) is 17.4 Å². The maximum Gasteiger partial charge on any atom is 0.352 e. The van der Waals surface area contributed by atoms with E-state index in [-0.39, 0.29) is 17.9 Å². The number of benzene rings is 2. The van der Waals surface area contributed by atoms with Crippen molar-refractivity contribution in [2.45, 2.75) is 6.92 Å². The molecule has 12 heteroatoms. The third-order valence-electron chi connectivity index (χ3n) is 3.88. The molecule has 0 bridgehead atoms. The van der Waals surface area contributed by atoms with Gasteiger partial charge in [-0.1, -0.05) is 0 Å². The van der Waals surface area contributed by atoms with Crippen molar-refractivity contribution in [3.63, 3.8) is 0 Å². The number of nitro groups is 2. The summed E-state index contributed by atoms with van der Waals surface area (Å²) < 4.78 is 4.68. The number of hydrogen-bond donors (Lipinski definition) is 2. The molecule has 0 unspecified atom stereocenters. The summed E-state index contributed by atoms with van der Waals surface area (Å²) in [6, 6.07) is 9.40. The van der Waals surface area contributed by atoms with Gasteiger partial charge in [-0.2, -0.15) is 5.26 Å². The van der Waals surface area contributed by atoms with Crippen molar-refractivity contribution >= 4 is 34.7 Å². The molecular formula is C19H14N4O8. The Morgan fingerprint density at radius 1 is 1.13 bits per heavy atom. The van der Waals surface area contributed by atoms with Gasteiger partial charge in [0.05, 0.1) is 22.5 Å². The van der Waals surface area contributed by atoms with E-state index in [9.17, 15) is 34.9 Å². The average molecular weight is 426 g/mol. The summed E-state index contributed by atoms with van der Waals surface area (Å²) in [5, 5.41) is 43.5. The topological polar surface area (TPSA) is 186 Å². The zero-order valence-electron chi connectivity index (χ0n) is 15.9. The molecule has 0 aromatic heterocycles. The fourth-order valence-electron chi connectivity index (χ4n) is 2.43. The molecular weight excluding hydrogens is 412 g/mol. The Balaban J connectivity index is 2.29. The number of amides is 1. The van der Waals surface area contributed by atoms with Crippen molar-refractivity contribution in [3.05, 3.63) is 79.4 Å². The number of carbonyl (C=O) groups excluding carboxylic acids is 2. The second kappa shape index (κ2) is 9.61. The van der Waals surface area contributed by atoms with E-state index in [4.69, 9.17) is 5.26 Å². The summed E-state index contributed by atoms with van der Waals surface area (Å²) in [5.41, 5.74) is -2.01. The lowest BCUT2D eigenvalue weighted by molar-refractivity contribution is -0.394. The number of carbonyl (C=O) groups is 2. The molecule has 2 N–H and O–H groups in total. The van der Waals surface area contributed by atoms with Gasteiger partial charge in [0.15, 0.2) is 5.57 Å². The Morgan fingerprint density at radius 3 is 2.29 bits per heavy atom. The minimum Gasteiger partial charge on any atom is -0.506 e. The third kappa shape index (κ3) is 5.18. The van der Waals surface area contributed by atoms with Gasteiger partial charge >= 0.3 is 5.97 Å². The van der Waals surface area contributed by atoms with Crippen LogP contribution < -0.4 is 5.32 Å². The summed E-state index contributed by atoms with van der Waals surface area (Å²) in [6.45, 7) is 1.55. The van der Waals surface area contributed by atoms with E-state index < -0.39 is 50.0 Å². The fraction of sp³-hybridized carbons (Fsp3) is 0.105. The molecule has 12 nitrogen and oxygen atoms in total. The molecule has 2 rings (SSSR count). The standard InChI is InChI=1S/C19H14N4O8/c1-2-31-19(26)15(10-20)17(24)11-3-5-12(6-4-11)21-18(25)14-8-7-13(22(27)28)9-16(14)23(29)30/h3-9,24H,2H2,1H3,(H,21,25). The van der Waals surface area contributed by atoms with Crippen LogP contribution in [0.4, 0.5) is 17.1 Å². The zero-order valence-corrected chi connectivity index (χ0v) is 15.9. The van der Waals surface area contributed by atoms with Gasteiger partial charge in [0, 0.05) is 17.3 Å². The maximum absolute atomic E-state index is 12.4. The van der Waals surface area contributed by atoms with Crippen LogP contribution in [-0.4, -0.2) is 33.4 Å². The first kappa shape index (κ1) is 22.5. The van der Waals surface area contributed by atoms with Gasteiger partial charge in [-0.25, -0.2) is 4.79 Å². The molecule has 0 aliphatic carbocycles. The number of non-ortho nitro benzene ring substituents is 1. The van der Waals surface area contributed by atoms with Crippen molar-refractivity contribution in [2.75, 3.05) is 11.9 Å². The number of nitro benzene ring substituents is 2. The molecule has 31 heavy (non-hydrogen) atoms. The molecule has 0 aliphatic heterocycles. The Hall–Kier alpha value is -4.79. The van der Waals surface area contributed by atoms with Crippen LogP contribution in [0.25, 0.3) is 5.76 Å². The monoisotopic (exact) mass is 426 g/mol. The highest BCUT2D eigenvalue weighted by atomic mass is 16.6. The van der Waals surface area contributed by atoms with Crippen molar-refractivity contribution in [1.29, 1.82) is 5.26 Å². The number of nitrogens with zero attached hydrogens (tertiary/aromatic N) is 3. The van der Waals surface area contributed by atoms with Crippen LogP contribution >= 0.6 is 0 Å². The summed E-state index contributed by atoms with van der Waals surface area (Å²) in [4.78, 5) is 44.3. The van der Waals surface area contributed by atoms with E-state index >= 15 is 0 Å². The summed E-state index contributed by atoms with van der Waals surface area (Å²) >= 11 is 0. The highest BCUT2D eigenvalue weighted by Gasteiger charge is 2.24. The average Bonchev–Trinajstić information content (AvgIpc) is 2.74. The minimum atomic E-state index is -0.995. The predicted molar refractivity (Wildman–Crippen MR) is 106 cm³/mol. The van der Waals surface area contributed by atoms with Crippen molar-refractivity contribution in [2.24, 2.45) is 0 Å². The predicted octanol–water partition coefficient (Wildman–Crippen LogP) is 3.11. The van der Waals surface area contributed by atoms with E-state index in [1.807, 2.05) is 0 Å². The van der Waals surface area contributed by atoms with Crippen LogP contribution in [0.5, 0.6) is 0 Å². The lowest BCUT2D eigenvalue weighted by atomic mass is 10.1. The van der Waals surface area contributed by atoms with Gasteiger partial charge in [-0.05, 0) is 37.3 Å². The van der Waals surface area contributed by atoms with Crippen molar-refractivity contribution in [1.82, 2.24) is 0 Å². The molecule has 2 aromatic carbocycles. The molecule has 0 heterocycles. The molecule has 1 amide bonds. The van der Waals surface area contributed by atoms with Crippen LogP contribution in [0.2, 0.25) is 0 Å². The number of aliphatic hydroxyl groups excluding tert-OH is 1. The Kier molecular flexibility index (Phi) is 6.98. The maximum atomic E-state index is 12.4. The lowest BCUT2D eigenvalue weighted by Gasteiger charge is -2.08. The van der Waals surface area contributed by atoms with E-state index in [0.29, 0.717) is 6.07 Å². The highest BCUT2D eigenvalue weighted by molar-refractivity contribution is 6.07. The SMILES string of the molecule is CCOC(=O)C(C#N)=C(O)c1ccc(NC(=O)c2ccc([N+](=O)[O-])cc2[N+](=O)[O-])cc1. The van der Waals surface area contributed by atoms with Crippen molar-refractivity contribution < 1.29 is 29.3 Å². The van der Waals surface area contributed by atoms with E-state index in [0.717, 1.165) is 12.1 Å². The molecule has 0 fully saturated rings. The van der Waals surface area contributed by atoms with Crippen molar-refractivity contribution in [3.8, 4) is 6.07 Å². The molecule has 0 saturated carbocycles. The van der Waals surface area contributed by atoms with Crippen LogP contribution in [-0.2, 0) is 9.53 Å². The quantitative estimate of drug-likeness (QED) is 0.167. The first-order valence-corrected chi connectivity index (χ1v) is 8.54. The smallest absolute Gasteiger partial charge is 0.352 e. The molecule has 0 radical (unpaired) electrons. The summed E-state index contributed by atoms with van der Waals surface area (Å²) in [6.07, 6.45) is 0. The first-order chi connectivity index (χ1) is 14.7. The van der Waals surface area contributed by atoms with Gasteiger partial charge < -0.3 is 15.2 Å². The number of nitrogens with one attached hydrogen (secondary N) is 1. The number of aliphatic hydroxyl groups is 1. The molecule has 0 saturated heterocycles. The normalized spacial score (nSPS) is 11.0. The number of ether oxygens (including phenoxy) is 1. The number of esters is 1. The van der Waals surface area contributed by atoms with Crippen LogP contribution in [0.3, 0.4) is 0 Å². The first-order valence-electron chi connectivity index (χ1n) is 8.54. The number of rotatable bonds is 7. The summed E-state index contributed by atoms with van der Waals surface area (Å²) in [5.74, 6) is -2.51. The van der Waals surface area contributed by atoms with E-state index in [1.165, 1.54) is 31.2 Å². The third-order valence-corrected chi connectivity index (χ3v) is 3.88. The van der Waals surface area contributed by atoms with Gasteiger partial charge in [0.2, 0.25) is 0 Å². The Labute approximate surface area is 174 Å². The lowest BCUT2D eigenvalue weighted by Crippen LogP contribution is -2.14. The molecule has 0 spiro atoms. The molecule has 158 valence electrons. The zero-order chi connectivity index (χ0) is 23.1. The number of nitriles is 1. The van der Waals surface area contributed by atoms with E-state index in [1.54, 1.807) is 6.07 Å². The molecule has 2 aromatic rings. The van der Waals surface area contributed by atoms with Gasteiger partial charge in [0.25, 0.3) is 17.3 Å². The minimum absolute atomic E-state index is 0.0110. The Bertz CT molecular complexity index is 1130.